The van der Waals surface area contributed by atoms with Crippen LogP contribution in [0.5, 0.6) is 5.75 Å². The Bertz CT molecular complexity index is 642. The van der Waals surface area contributed by atoms with Crippen LogP contribution in [0.25, 0.3) is 0 Å². The molecule has 0 aliphatic heterocycles. The van der Waals surface area contributed by atoms with E-state index in [9.17, 15) is 0 Å². The summed E-state index contributed by atoms with van der Waals surface area (Å²) in [6.45, 7) is 0.638. The van der Waals surface area contributed by atoms with Crippen LogP contribution in [0.3, 0.4) is 0 Å². The van der Waals surface area contributed by atoms with Crippen molar-refractivity contribution in [1.82, 2.24) is 0 Å². The fraction of sp³-hybridized carbons (Fsp3) is 0.133. The van der Waals surface area contributed by atoms with E-state index >= 15 is 0 Å². The molecule has 0 unspecified atom stereocenters. The van der Waals surface area contributed by atoms with E-state index in [1.807, 2.05) is 30.3 Å². The van der Waals surface area contributed by atoms with Gasteiger partial charge in [-0.25, -0.2) is 0 Å². The van der Waals surface area contributed by atoms with E-state index in [0.717, 1.165) is 11.3 Å². The first-order valence-corrected chi connectivity index (χ1v) is 6.66. The van der Waals surface area contributed by atoms with Crippen LogP contribution in [0, 0.1) is 0 Å². The lowest BCUT2D eigenvalue weighted by Crippen LogP contribution is -2.13. The molecule has 0 spiro atoms. The van der Waals surface area contributed by atoms with Crippen LogP contribution in [-0.2, 0) is 6.54 Å². The van der Waals surface area contributed by atoms with Gasteiger partial charge >= 0.3 is 0 Å². The zero-order valence-corrected chi connectivity index (χ0v) is 12.3. The molecular formula is C15H16ClN3O2. The number of halogens is 1. The number of nitrogens with one attached hydrogen (secondary N) is 1. The Morgan fingerprint density at radius 1 is 1.29 bits per heavy atom. The van der Waals surface area contributed by atoms with Gasteiger partial charge in [0.15, 0.2) is 5.84 Å². The second-order valence-electron chi connectivity index (χ2n) is 4.39. The molecule has 6 heteroatoms. The fourth-order valence-electron chi connectivity index (χ4n) is 1.83. The number of oxime groups is 1. The normalized spacial score (nSPS) is 11.2. The molecule has 2 aromatic carbocycles. The van der Waals surface area contributed by atoms with Crippen molar-refractivity contribution in [3.8, 4) is 5.75 Å². The molecule has 0 aromatic heterocycles. The van der Waals surface area contributed by atoms with Crippen LogP contribution in [0.15, 0.2) is 47.6 Å². The number of anilines is 1. The van der Waals surface area contributed by atoms with Crippen molar-refractivity contribution in [2.24, 2.45) is 10.9 Å². The predicted molar refractivity (Wildman–Crippen MR) is 84.3 cm³/mol. The number of ether oxygens (including phenoxy) is 1. The van der Waals surface area contributed by atoms with Gasteiger partial charge in [-0.2, -0.15) is 0 Å². The average Bonchev–Trinajstić information content (AvgIpc) is 2.52. The summed E-state index contributed by atoms with van der Waals surface area (Å²) in [5.74, 6) is 0.738. The Labute approximate surface area is 128 Å². The highest BCUT2D eigenvalue weighted by Crippen LogP contribution is 2.27. The molecule has 110 valence electrons. The van der Waals surface area contributed by atoms with E-state index in [-0.39, 0.29) is 5.84 Å². The van der Waals surface area contributed by atoms with Crippen LogP contribution in [0.2, 0.25) is 5.02 Å². The maximum Gasteiger partial charge on any atom is 0.170 e. The smallest absolute Gasteiger partial charge is 0.170 e. The summed E-state index contributed by atoms with van der Waals surface area (Å²) < 4.78 is 5.11. The standard InChI is InChI=1S/C15H16ClN3O2/c1-21-14-7-6-12(8-13(14)16)18-9-10-2-4-11(5-3-10)15(17)19-20/h2-8,18,20H,9H2,1H3,(H2,17,19). The maximum atomic E-state index is 8.61. The van der Waals surface area contributed by atoms with Crippen molar-refractivity contribution in [3.63, 3.8) is 0 Å². The predicted octanol–water partition coefficient (Wildman–Crippen LogP) is 3.06. The lowest BCUT2D eigenvalue weighted by molar-refractivity contribution is 0.318. The van der Waals surface area contributed by atoms with E-state index in [2.05, 4.69) is 10.5 Å². The third-order valence-corrected chi connectivity index (χ3v) is 3.30. The zero-order chi connectivity index (χ0) is 15.2. The molecule has 0 amide bonds. The number of nitrogens with two attached hydrogens (primary N) is 1. The lowest BCUT2D eigenvalue weighted by Gasteiger charge is -2.09. The Kier molecular flexibility index (Phi) is 4.90. The third kappa shape index (κ3) is 3.79. The average molecular weight is 306 g/mol. The van der Waals surface area contributed by atoms with E-state index in [1.54, 1.807) is 19.2 Å². The molecule has 0 aliphatic carbocycles. The molecule has 4 N–H and O–H groups in total. The van der Waals surface area contributed by atoms with Gasteiger partial charge in [0.1, 0.15) is 5.75 Å². The van der Waals surface area contributed by atoms with Crippen LogP contribution >= 0.6 is 11.6 Å². The highest BCUT2D eigenvalue weighted by Gasteiger charge is 2.02. The highest BCUT2D eigenvalue weighted by atomic mass is 35.5. The number of hydrogen-bond acceptors (Lipinski definition) is 4. The Morgan fingerprint density at radius 3 is 2.57 bits per heavy atom. The first-order chi connectivity index (χ1) is 10.1. The summed E-state index contributed by atoms with van der Waals surface area (Å²) in [6, 6.07) is 12.9. The summed E-state index contributed by atoms with van der Waals surface area (Å²) in [5.41, 5.74) is 8.16. The van der Waals surface area contributed by atoms with Gasteiger partial charge in [-0.15, -0.1) is 0 Å². The van der Waals surface area contributed by atoms with E-state index in [4.69, 9.17) is 27.3 Å². The fourth-order valence-corrected chi connectivity index (χ4v) is 2.09. The minimum Gasteiger partial charge on any atom is -0.495 e. The van der Waals surface area contributed by atoms with Crippen molar-refractivity contribution in [2.45, 2.75) is 6.54 Å². The van der Waals surface area contributed by atoms with Gasteiger partial charge in [0.05, 0.1) is 12.1 Å². The topological polar surface area (TPSA) is 79.9 Å². The number of benzene rings is 2. The minimum atomic E-state index is 0.0939. The summed E-state index contributed by atoms with van der Waals surface area (Å²) in [5, 5.41) is 15.4. The minimum absolute atomic E-state index is 0.0939. The van der Waals surface area contributed by atoms with Gasteiger partial charge in [0.25, 0.3) is 0 Å². The molecule has 2 rings (SSSR count). The monoisotopic (exact) mass is 305 g/mol. The first kappa shape index (κ1) is 15.0. The Hall–Kier alpha value is -2.40. The number of hydrogen-bond donors (Lipinski definition) is 3. The molecule has 0 saturated heterocycles. The lowest BCUT2D eigenvalue weighted by atomic mass is 10.1. The molecule has 0 saturated carbocycles. The SMILES string of the molecule is COc1ccc(NCc2ccc(C(N)=NO)cc2)cc1Cl. The quantitative estimate of drug-likeness (QED) is 0.343. The van der Waals surface area contributed by atoms with Gasteiger partial charge in [0, 0.05) is 17.8 Å². The molecule has 0 atom stereocenters. The van der Waals surface area contributed by atoms with Gasteiger partial charge in [-0.05, 0) is 23.8 Å². The Morgan fingerprint density at radius 2 is 2.00 bits per heavy atom. The molecule has 0 fully saturated rings. The van der Waals surface area contributed by atoms with Gasteiger partial charge in [-0.1, -0.05) is 41.0 Å². The van der Waals surface area contributed by atoms with Gasteiger partial charge < -0.3 is 21.0 Å². The molecule has 0 aliphatic rings. The highest BCUT2D eigenvalue weighted by molar-refractivity contribution is 6.32. The second-order valence-corrected chi connectivity index (χ2v) is 4.79. The number of methoxy groups -OCH3 is 1. The van der Waals surface area contributed by atoms with Crippen LogP contribution < -0.4 is 15.8 Å². The molecule has 0 heterocycles. The van der Waals surface area contributed by atoms with Crippen molar-refractivity contribution in [2.75, 3.05) is 12.4 Å². The maximum absolute atomic E-state index is 8.61. The Balaban J connectivity index is 2.01. The third-order valence-electron chi connectivity index (χ3n) is 3.01. The zero-order valence-electron chi connectivity index (χ0n) is 11.5. The number of nitrogens with zero attached hydrogens (tertiary/aromatic N) is 1. The first-order valence-electron chi connectivity index (χ1n) is 6.28. The van der Waals surface area contributed by atoms with E-state index in [1.165, 1.54) is 0 Å². The largest absolute Gasteiger partial charge is 0.495 e. The van der Waals surface area contributed by atoms with Gasteiger partial charge in [0.2, 0.25) is 0 Å². The molecule has 2 aromatic rings. The van der Waals surface area contributed by atoms with Crippen molar-refractivity contribution in [1.29, 1.82) is 0 Å². The number of rotatable bonds is 5. The molecule has 0 bridgehead atoms. The van der Waals surface area contributed by atoms with Gasteiger partial charge in [-0.3, -0.25) is 0 Å². The molecular weight excluding hydrogens is 290 g/mol. The summed E-state index contributed by atoms with van der Waals surface area (Å²) in [7, 11) is 1.58. The van der Waals surface area contributed by atoms with Crippen molar-refractivity contribution >= 4 is 23.1 Å². The van der Waals surface area contributed by atoms with E-state index < -0.39 is 0 Å². The van der Waals surface area contributed by atoms with Crippen molar-refractivity contribution < 1.29 is 9.94 Å². The second kappa shape index (κ2) is 6.85. The van der Waals surface area contributed by atoms with Crippen LogP contribution in [0.1, 0.15) is 11.1 Å². The number of amidine groups is 1. The van der Waals surface area contributed by atoms with Crippen molar-refractivity contribution in [3.05, 3.63) is 58.6 Å². The summed E-state index contributed by atoms with van der Waals surface area (Å²) in [4.78, 5) is 0. The summed E-state index contributed by atoms with van der Waals surface area (Å²) in [6.07, 6.45) is 0. The summed E-state index contributed by atoms with van der Waals surface area (Å²) >= 11 is 6.07. The molecule has 5 nitrogen and oxygen atoms in total. The molecule has 21 heavy (non-hydrogen) atoms. The van der Waals surface area contributed by atoms with Crippen LogP contribution in [0.4, 0.5) is 5.69 Å². The molecule has 0 radical (unpaired) electrons. The van der Waals surface area contributed by atoms with Crippen LogP contribution in [-0.4, -0.2) is 18.2 Å². The van der Waals surface area contributed by atoms with E-state index in [0.29, 0.717) is 22.9 Å².